The average molecular weight is 173 g/mol. The molecule has 1 atom stereocenters. The minimum absolute atomic E-state index is 0.122. The van der Waals surface area contributed by atoms with Gasteiger partial charge in [0.2, 0.25) is 0 Å². The number of rotatable bonds is 3. The number of aliphatic hydroxyl groups is 1. The third-order valence-corrected chi connectivity index (χ3v) is 2.37. The van der Waals surface area contributed by atoms with Crippen molar-refractivity contribution in [2.45, 2.75) is 12.5 Å². The first kappa shape index (κ1) is 9.10. The largest absolute Gasteiger partial charge is 0.392 e. The molecule has 1 rings (SSSR count). The SMILES string of the molecule is C=C(CS)CN1CCC(O)C1. The molecule has 0 spiro atoms. The van der Waals surface area contributed by atoms with Crippen LogP contribution in [0, 0.1) is 0 Å². The summed E-state index contributed by atoms with van der Waals surface area (Å²) in [6, 6.07) is 0. The monoisotopic (exact) mass is 173 g/mol. The minimum atomic E-state index is -0.122. The average Bonchev–Trinajstić information content (AvgIpc) is 2.35. The van der Waals surface area contributed by atoms with Crippen molar-refractivity contribution in [2.75, 3.05) is 25.4 Å². The fraction of sp³-hybridized carbons (Fsp3) is 0.750. The molecule has 0 radical (unpaired) electrons. The lowest BCUT2D eigenvalue weighted by atomic mass is 10.3. The first-order valence-corrected chi connectivity index (χ1v) is 4.53. The number of hydrogen-bond acceptors (Lipinski definition) is 3. The summed E-state index contributed by atoms with van der Waals surface area (Å²) in [4.78, 5) is 2.21. The van der Waals surface area contributed by atoms with Crippen molar-refractivity contribution < 1.29 is 5.11 Å². The van der Waals surface area contributed by atoms with Crippen LogP contribution < -0.4 is 0 Å². The standard InChI is InChI=1S/C8H15NOS/c1-7(6-11)4-9-3-2-8(10)5-9/h8,10-11H,1-6H2. The molecule has 2 nitrogen and oxygen atoms in total. The van der Waals surface area contributed by atoms with Crippen LogP contribution in [0.5, 0.6) is 0 Å². The molecule has 1 heterocycles. The van der Waals surface area contributed by atoms with Gasteiger partial charge < -0.3 is 5.11 Å². The molecule has 0 bridgehead atoms. The van der Waals surface area contributed by atoms with Crippen molar-refractivity contribution >= 4 is 12.6 Å². The van der Waals surface area contributed by atoms with Gasteiger partial charge in [-0.1, -0.05) is 12.2 Å². The lowest BCUT2D eigenvalue weighted by molar-refractivity contribution is 0.179. The summed E-state index contributed by atoms with van der Waals surface area (Å²) in [5.41, 5.74) is 1.13. The van der Waals surface area contributed by atoms with Crippen LogP contribution in [0.25, 0.3) is 0 Å². The van der Waals surface area contributed by atoms with Crippen LogP contribution in [0.3, 0.4) is 0 Å². The molecule has 0 amide bonds. The van der Waals surface area contributed by atoms with Crippen LogP contribution >= 0.6 is 12.6 Å². The van der Waals surface area contributed by atoms with Gasteiger partial charge in [0, 0.05) is 25.4 Å². The van der Waals surface area contributed by atoms with Crippen LogP contribution in [0.1, 0.15) is 6.42 Å². The van der Waals surface area contributed by atoms with Crippen LogP contribution in [0.15, 0.2) is 12.2 Å². The van der Waals surface area contributed by atoms with Crippen LogP contribution in [-0.2, 0) is 0 Å². The third-order valence-electron chi connectivity index (χ3n) is 1.92. The second-order valence-electron chi connectivity index (χ2n) is 3.09. The topological polar surface area (TPSA) is 23.5 Å². The van der Waals surface area contributed by atoms with Crippen molar-refractivity contribution in [3.05, 3.63) is 12.2 Å². The van der Waals surface area contributed by atoms with Crippen LogP contribution in [-0.4, -0.2) is 41.5 Å². The summed E-state index contributed by atoms with van der Waals surface area (Å²) < 4.78 is 0. The Morgan fingerprint density at radius 1 is 1.73 bits per heavy atom. The lowest BCUT2D eigenvalue weighted by Crippen LogP contribution is -2.24. The van der Waals surface area contributed by atoms with Gasteiger partial charge in [0.1, 0.15) is 0 Å². The third kappa shape index (κ3) is 2.85. The summed E-state index contributed by atoms with van der Waals surface area (Å²) in [5.74, 6) is 0.743. The lowest BCUT2D eigenvalue weighted by Gasteiger charge is -2.14. The Kier molecular flexibility index (Phi) is 3.43. The van der Waals surface area contributed by atoms with E-state index in [4.69, 9.17) is 0 Å². The molecule has 3 heteroatoms. The summed E-state index contributed by atoms with van der Waals surface area (Å²) in [5, 5.41) is 9.19. The van der Waals surface area contributed by atoms with E-state index in [2.05, 4.69) is 24.1 Å². The maximum atomic E-state index is 9.19. The van der Waals surface area contributed by atoms with Crippen molar-refractivity contribution in [2.24, 2.45) is 0 Å². The Morgan fingerprint density at radius 2 is 2.45 bits per heavy atom. The van der Waals surface area contributed by atoms with E-state index in [0.29, 0.717) is 0 Å². The smallest absolute Gasteiger partial charge is 0.0679 e. The second-order valence-corrected chi connectivity index (χ2v) is 3.40. The van der Waals surface area contributed by atoms with Gasteiger partial charge in [0.05, 0.1) is 6.10 Å². The molecule has 1 N–H and O–H groups in total. The first-order valence-electron chi connectivity index (χ1n) is 3.90. The first-order chi connectivity index (χ1) is 5.22. The number of β-amino-alcohol motifs (C(OH)–C–C–N with tert-alkyl or cyclic N) is 1. The highest BCUT2D eigenvalue weighted by Crippen LogP contribution is 2.10. The zero-order chi connectivity index (χ0) is 8.27. The molecule has 1 aliphatic rings. The minimum Gasteiger partial charge on any atom is -0.392 e. The predicted molar refractivity (Wildman–Crippen MR) is 50.1 cm³/mol. The Balaban J connectivity index is 2.23. The molecule has 1 aliphatic heterocycles. The molecule has 11 heavy (non-hydrogen) atoms. The van der Waals surface area contributed by atoms with Crippen molar-refractivity contribution in [3.63, 3.8) is 0 Å². The fourth-order valence-electron chi connectivity index (χ4n) is 1.32. The number of likely N-dealkylation sites (tertiary alicyclic amines) is 1. The van der Waals surface area contributed by atoms with Crippen molar-refractivity contribution in [1.82, 2.24) is 4.90 Å². The molecule has 64 valence electrons. The van der Waals surface area contributed by atoms with E-state index < -0.39 is 0 Å². The molecule has 1 fully saturated rings. The summed E-state index contributed by atoms with van der Waals surface area (Å²) in [6.45, 7) is 6.54. The van der Waals surface area contributed by atoms with E-state index in [-0.39, 0.29) is 6.10 Å². The number of nitrogens with zero attached hydrogens (tertiary/aromatic N) is 1. The second kappa shape index (κ2) is 4.14. The predicted octanol–water partition coefficient (Wildman–Crippen LogP) is 0.539. The maximum absolute atomic E-state index is 9.19. The van der Waals surface area contributed by atoms with Gasteiger partial charge in [-0.15, -0.1) is 0 Å². The number of aliphatic hydroxyl groups excluding tert-OH is 1. The highest BCUT2D eigenvalue weighted by Gasteiger charge is 2.19. The van der Waals surface area contributed by atoms with Crippen LogP contribution in [0.2, 0.25) is 0 Å². The van der Waals surface area contributed by atoms with Gasteiger partial charge in [0.25, 0.3) is 0 Å². The Bertz CT molecular complexity index is 149. The van der Waals surface area contributed by atoms with E-state index in [1.54, 1.807) is 0 Å². The van der Waals surface area contributed by atoms with E-state index in [1.165, 1.54) is 0 Å². The Morgan fingerprint density at radius 3 is 2.91 bits per heavy atom. The molecular weight excluding hydrogens is 158 g/mol. The molecule has 0 aromatic carbocycles. The highest BCUT2D eigenvalue weighted by atomic mass is 32.1. The normalized spacial score (nSPS) is 25.8. The fourth-order valence-corrected chi connectivity index (χ4v) is 1.42. The van der Waals surface area contributed by atoms with Gasteiger partial charge in [-0.05, 0) is 6.42 Å². The summed E-state index contributed by atoms with van der Waals surface area (Å²) >= 11 is 4.12. The van der Waals surface area contributed by atoms with Crippen LogP contribution in [0.4, 0.5) is 0 Å². The van der Waals surface area contributed by atoms with Crippen molar-refractivity contribution in [1.29, 1.82) is 0 Å². The van der Waals surface area contributed by atoms with Crippen molar-refractivity contribution in [3.8, 4) is 0 Å². The quantitative estimate of drug-likeness (QED) is 0.480. The van der Waals surface area contributed by atoms with E-state index >= 15 is 0 Å². The zero-order valence-corrected chi connectivity index (χ0v) is 7.56. The summed E-state index contributed by atoms with van der Waals surface area (Å²) in [6.07, 6.45) is 0.780. The molecule has 0 saturated carbocycles. The Labute approximate surface area is 73.3 Å². The van der Waals surface area contributed by atoms with Gasteiger partial charge in [-0.2, -0.15) is 12.6 Å². The summed E-state index contributed by atoms with van der Waals surface area (Å²) in [7, 11) is 0. The van der Waals surface area contributed by atoms with E-state index in [1.807, 2.05) is 0 Å². The van der Waals surface area contributed by atoms with E-state index in [0.717, 1.165) is 37.4 Å². The van der Waals surface area contributed by atoms with E-state index in [9.17, 15) is 5.11 Å². The van der Waals surface area contributed by atoms with Gasteiger partial charge in [-0.3, -0.25) is 4.90 Å². The van der Waals surface area contributed by atoms with Gasteiger partial charge >= 0.3 is 0 Å². The molecule has 1 unspecified atom stereocenters. The zero-order valence-electron chi connectivity index (χ0n) is 6.66. The molecule has 0 aliphatic carbocycles. The maximum Gasteiger partial charge on any atom is 0.0679 e. The molecule has 1 saturated heterocycles. The molecule has 0 aromatic rings. The number of thiol groups is 1. The number of hydrogen-bond donors (Lipinski definition) is 2. The van der Waals surface area contributed by atoms with Gasteiger partial charge in [0.15, 0.2) is 0 Å². The molecular formula is C8H15NOS. The highest BCUT2D eigenvalue weighted by molar-refractivity contribution is 7.80. The Hall–Kier alpha value is 0.01000. The van der Waals surface area contributed by atoms with Gasteiger partial charge in [-0.25, -0.2) is 0 Å². The molecule has 0 aromatic heterocycles.